The standard InChI is InChI=1S/C17H23N5O4/c1-13-5-4-6-14(11-13)20-16-15(22(23)24)17(19-12-18-16)21(7-9-25-2)8-10-26-3/h4-6,11-12H,7-10H2,1-3H3,(H,18,19,20). The summed E-state index contributed by atoms with van der Waals surface area (Å²) in [6, 6.07) is 7.53. The summed E-state index contributed by atoms with van der Waals surface area (Å²) < 4.78 is 10.2. The van der Waals surface area contributed by atoms with Gasteiger partial charge >= 0.3 is 5.69 Å². The number of hydrogen-bond acceptors (Lipinski definition) is 8. The summed E-state index contributed by atoms with van der Waals surface area (Å²) in [4.78, 5) is 21.3. The molecular formula is C17H23N5O4. The van der Waals surface area contributed by atoms with Gasteiger partial charge in [-0.25, -0.2) is 9.97 Å². The largest absolute Gasteiger partial charge is 0.383 e. The van der Waals surface area contributed by atoms with E-state index in [4.69, 9.17) is 9.47 Å². The number of nitrogens with one attached hydrogen (secondary N) is 1. The van der Waals surface area contributed by atoms with Crippen molar-refractivity contribution in [2.24, 2.45) is 0 Å². The molecule has 0 unspecified atom stereocenters. The molecule has 2 rings (SSSR count). The van der Waals surface area contributed by atoms with Gasteiger partial charge in [0.15, 0.2) is 0 Å². The Labute approximate surface area is 152 Å². The van der Waals surface area contributed by atoms with Gasteiger partial charge in [0.05, 0.1) is 18.1 Å². The predicted octanol–water partition coefficient (Wildman–Crippen LogP) is 2.54. The lowest BCUT2D eigenvalue weighted by Gasteiger charge is -2.23. The smallest absolute Gasteiger partial charge is 0.353 e. The van der Waals surface area contributed by atoms with Crippen LogP contribution in [0.15, 0.2) is 30.6 Å². The van der Waals surface area contributed by atoms with Crippen LogP contribution in [0.5, 0.6) is 0 Å². The molecule has 0 radical (unpaired) electrons. The third-order valence-corrected chi connectivity index (χ3v) is 3.70. The third-order valence-electron chi connectivity index (χ3n) is 3.70. The molecule has 1 aromatic heterocycles. The Kier molecular flexibility index (Phi) is 7.24. The third kappa shape index (κ3) is 5.11. The summed E-state index contributed by atoms with van der Waals surface area (Å²) in [7, 11) is 3.15. The highest BCUT2D eigenvalue weighted by Crippen LogP contribution is 2.33. The number of aromatic nitrogens is 2. The summed E-state index contributed by atoms with van der Waals surface area (Å²) in [5, 5.41) is 14.8. The first-order valence-corrected chi connectivity index (χ1v) is 8.12. The molecule has 1 heterocycles. The van der Waals surface area contributed by atoms with Crippen molar-refractivity contribution in [3.05, 3.63) is 46.3 Å². The zero-order valence-electron chi connectivity index (χ0n) is 15.1. The molecule has 26 heavy (non-hydrogen) atoms. The van der Waals surface area contributed by atoms with E-state index in [0.29, 0.717) is 26.3 Å². The average Bonchev–Trinajstić information content (AvgIpc) is 2.61. The number of aryl methyl sites for hydroxylation is 1. The minimum atomic E-state index is -0.472. The zero-order chi connectivity index (χ0) is 18.9. The van der Waals surface area contributed by atoms with Crippen LogP contribution in [0.4, 0.5) is 23.0 Å². The van der Waals surface area contributed by atoms with Crippen LogP contribution < -0.4 is 10.2 Å². The van der Waals surface area contributed by atoms with Gasteiger partial charge in [-0.15, -0.1) is 0 Å². The van der Waals surface area contributed by atoms with E-state index < -0.39 is 4.92 Å². The molecule has 0 bridgehead atoms. The fourth-order valence-corrected chi connectivity index (χ4v) is 2.45. The topological polar surface area (TPSA) is 103 Å². The lowest BCUT2D eigenvalue weighted by molar-refractivity contribution is -0.383. The molecule has 2 aromatic rings. The van der Waals surface area contributed by atoms with E-state index in [1.807, 2.05) is 31.2 Å². The van der Waals surface area contributed by atoms with E-state index in [1.54, 1.807) is 19.1 Å². The van der Waals surface area contributed by atoms with E-state index in [0.717, 1.165) is 11.3 Å². The Morgan fingerprint density at radius 2 is 1.88 bits per heavy atom. The maximum atomic E-state index is 11.7. The number of anilines is 3. The fraction of sp³-hybridized carbons (Fsp3) is 0.412. The van der Waals surface area contributed by atoms with Crippen molar-refractivity contribution < 1.29 is 14.4 Å². The number of ether oxygens (including phenoxy) is 2. The summed E-state index contributed by atoms with van der Waals surface area (Å²) >= 11 is 0. The van der Waals surface area contributed by atoms with Crippen LogP contribution >= 0.6 is 0 Å². The molecule has 0 saturated carbocycles. The Morgan fingerprint density at radius 3 is 2.46 bits per heavy atom. The molecule has 0 amide bonds. The summed E-state index contributed by atoms with van der Waals surface area (Å²) in [6.45, 7) is 3.66. The Morgan fingerprint density at radius 1 is 1.19 bits per heavy atom. The van der Waals surface area contributed by atoms with Gasteiger partial charge in [0.25, 0.3) is 0 Å². The van der Waals surface area contributed by atoms with Crippen molar-refractivity contribution in [2.45, 2.75) is 6.92 Å². The van der Waals surface area contributed by atoms with Crippen molar-refractivity contribution in [1.82, 2.24) is 9.97 Å². The highest BCUT2D eigenvalue weighted by Gasteiger charge is 2.27. The molecule has 140 valence electrons. The molecule has 9 heteroatoms. The van der Waals surface area contributed by atoms with Crippen LogP contribution in [0, 0.1) is 17.0 Å². The van der Waals surface area contributed by atoms with Crippen LogP contribution in [-0.2, 0) is 9.47 Å². The Hall–Kier alpha value is -2.78. The number of hydrogen-bond donors (Lipinski definition) is 1. The predicted molar refractivity (Wildman–Crippen MR) is 99.1 cm³/mol. The molecular weight excluding hydrogens is 338 g/mol. The minimum absolute atomic E-state index is 0.144. The highest BCUT2D eigenvalue weighted by molar-refractivity contribution is 5.74. The van der Waals surface area contributed by atoms with Gasteiger partial charge in [-0.1, -0.05) is 12.1 Å². The van der Waals surface area contributed by atoms with E-state index >= 15 is 0 Å². The normalized spacial score (nSPS) is 10.6. The van der Waals surface area contributed by atoms with Gasteiger partial charge in [-0.2, -0.15) is 0 Å². The summed E-state index contributed by atoms with van der Waals surface area (Å²) in [5.41, 5.74) is 1.58. The maximum Gasteiger partial charge on any atom is 0.353 e. The number of nitrogens with zero attached hydrogens (tertiary/aromatic N) is 4. The number of methoxy groups -OCH3 is 2. The molecule has 0 spiro atoms. The van der Waals surface area contributed by atoms with Gasteiger partial charge < -0.3 is 19.7 Å². The molecule has 0 atom stereocenters. The first kappa shape index (κ1) is 19.5. The second-order valence-electron chi connectivity index (χ2n) is 5.62. The second-order valence-corrected chi connectivity index (χ2v) is 5.62. The van der Waals surface area contributed by atoms with Crippen molar-refractivity contribution >= 4 is 23.0 Å². The number of rotatable bonds is 10. The van der Waals surface area contributed by atoms with Crippen LogP contribution in [0.1, 0.15) is 5.56 Å². The van der Waals surface area contributed by atoms with Crippen molar-refractivity contribution in [3.8, 4) is 0 Å². The van der Waals surface area contributed by atoms with Crippen molar-refractivity contribution in [3.63, 3.8) is 0 Å². The van der Waals surface area contributed by atoms with Crippen LogP contribution in [0.2, 0.25) is 0 Å². The number of nitro groups is 1. The van der Waals surface area contributed by atoms with Gasteiger partial charge in [-0.05, 0) is 24.6 Å². The van der Waals surface area contributed by atoms with Gasteiger partial charge in [-0.3, -0.25) is 10.1 Å². The van der Waals surface area contributed by atoms with Crippen LogP contribution in [0.3, 0.4) is 0 Å². The monoisotopic (exact) mass is 361 g/mol. The summed E-state index contributed by atoms with van der Waals surface area (Å²) in [5.74, 6) is 0.375. The zero-order valence-corrected chi connectivity index (χ0v) is 15.1. The Balaban J connectivity index is 2.40. The van der Waals surface area contributed by atoms with Crippen molar-refractivity contribution in [2.75, 3.05) is 50.7 Å². The minimum Gasteiger partial charge on any atom is -0.383 e. The van der Waals surface area contributed by atoms with Gasteiger partial charge in [0.2, 0.25) is 11.6 Å². The molecule has 1 aromatic carbocycles. The fourth-order valence-electron chi connectivity index (χ4n) is 2.45. The van der Waals surface area contributed by atoms with E-state index in [9.17, 15) is 10.1 Å². The first-order valence-electron chi connectivity index (χ1n) is 8.12. The van der Waals surface area contributed by atoms with Gasteiger partial charge in [0.1, 0.15) is 6.33 Å². The maximum absolute atomic E-state index is 11.7. The SMILES string of the molecule is COCCN(CCOC)c1ncnc(Nc2cccc(C)c2)c1[N+](=O)[O-]. The second kappa shape index (κ2) is 9.64. The molecule has 1 N–H and O–H groups in total. The van der Waals surface area contributed by atoms with Crippen molar-refractivity contribution in [1.29, 1.82) is 0 Å². The van der Waals surface area contributed by atoms with Crippen LogP contribution in [0.25, 0.3) is 0 Å². The summed E-state index contributed by atoms with van der Waals surface area (Å²) in [6.07, 6.45) is 1.31. The number of benzene rings is 1. The van der Waals surface area contributed by atoms with E-state index in [1.165, 1.54) is 6.33 Å². The average molecular weight is 361 g/mol. The van der Waals surface area contributed by atoms with E-state index in [2.05, 4.69) is 15.3 Å². The molecule has 0 fully saturated rings. The lowest BCUT2D eigenvalue weighted by Crippen LogP contribution is -2.32. The molecule has 0 aliphatic rings. The highest BCUT2D eigenvalue weighted by atomic mass is 16.6. The Bertz CT molecular complexity index is 733. The molecule has 9 nitrogen and oxygen atoms in total. The molecule has 0 aliphatic carbocycles. The van der Waals surface area contributed by atoms with E-state index in [-0.39, 0.29) is 17.3 Å². The van der Waals surface area contributed by atoms with Crippen LogP contribution in [-0.4, -0.2) is 55.4 Å². The molecule has 0 saturated heterocycles. The molecule has 0 aliphatic heterocycles. The quantitative estimate of drug-likeness (QED) is 0.509. The lowest BCUT2D eigenvalue weighted by atomic mass is 10.2. The first-order chi connectivity index (χ1) is 12.6. The van der Waals surface area contributed by atoms with Gasteiger partial charge in [0, 0.05) is 33.0 Å².